The van der Waals surface area contributed by atoms with Gasteiger partial charge in [-0.3, -0.25) is 0 Å². The first kappa shape index (κ1) is 5.72. The number of nitrogens with two attached hydrogens (primary N) is 1. The summed E-state index contributed by atoms with van der Waals surface area (Å²) in [5, 5.41) is 0. The Balaban J connectivity index is 1.97. The molecule has 0 aromatic heterocycles. The van der Waals surface area contributed by atoms with Gasteiger partial charge >= 0.3 is 0 Å². The maximum atomic E-state index is 6.10. The van der Waals surface area contributed by atoms with Crippen molar-refractivity contribution in [2.24, 2.45) is 17.6 Å². The molecule has 1 nitrogen and oxygen atoms in total. The lowest BCUT2D eigenvalue weighted by molar-refractivity contribution is 0.236. The molecular formula is C8H15N. The number of hydrogen-bond donors (Lipinski definition) is 1. The van der Waals surface area contributed by atoms with E-state index in [9.17, 15) is 0 Å². The summed E-state index contributed by atoms with van der Waals surface area (Å²) >= 11 is 0. The second kappa shape index (κ2) is 1.51. The summed E-state index contributed by atoms with van der Waals surface area (Å²) < 4.78 is 0. The Labute approximate surface area is 56.6 Å². The van der Waals surface area contributed by atoms with E-state index >= 15 is 0 Å². The molecule has 2 unspecified atom stereocenters. The van der Waals surface area contributed by atoms with Crippen LogP contribution < -0.4 is 5.73 Å². The molecule has 2 rings (SSSR count). The quantitative estimate of drug-likeness (QED) is 0.565. The molecule has 0 spiro atoms. The molecule has 2 fully saturated rings. The third-order valence-electron chi connectivity index (χ3n) is 3.28. The van der Waals surface area contributed by atoms with E-state index in [4.69, 9.17) is 5.73 Å². The van der Waals surface area contributed by atoms with Gasteiger partial charge in [-0.2, -0.15) is 0 Å². The second-order valence-corrected chi connectivity index (χ2v) is 3.85. The van der Waals surface area contributed by atoms with Gasteiger partial charge in [0.05, 0.1) is 0 Å². The maximum absolute atomic E-state index is 6.10. The lowest BCUT2D eigenvalue weighted by atomic mass is 9.77. The summed E-state index contributed by atoms with van der Waals surface area (Å²) in [6.45, 7) is 2.28. The van der Waals surface area contributed by atoms with Crippen LogP contribution in [0.25, 0.3) is 0 Å². The summed E-state index contributed by atoms with van der Waals surface area (Å²) in [6.07, 6.45) is 5.52. The summed E-state index contributed by atoms with van der Waals surface area (Å²) in [6, 6.07) is 0. The van der Waals surface area contributed by atoms with Crippen LogP contribution in [-0.4, -0.2) is 5.54 Å². The molecule has 2 aliphatic rings. The average Bonchev–Trinajstić information content (AvgIpc) is 2.07. The molecule has 9 heavy (non-hydrogen) atoms. The van der Waals surface area contributed by atoms with Crippen molar-refractivity contribution in [3.8, 4) is 0 Å². The highest BCUT2D eigenvalue weighted by molar-refractivity contribution is 5.11. The van der Waals surface area contributed by atoms with E-state index < -0.39 is 0 Å². The van der Waals surface area contributed by atoms with Crippen molar-refractivity contribution in [2.75, 3.05) is 0 Å². The standard InChI is InChI=1S/C8H15N/c1-6-5-8(6,9)7-3-2-4-7/h6-7H,2-5,9H2,1H3. The van der Waals surface area contributed by atoms with E-state index in [1.54, 1.807) is 0 Å². The smallest absolute Gasteiger partial charge is 0.0212 e. The molecule has 0 aromatic rings. The van der Waals surface area contributed by atoms with E-state index in [1.165, 1.54) is 25.7 Å². The number of rotatable bonds is 1. The summed E-state index contributed by atoms with van der Waals surface area (Å²) in [7, 11) is 0. The fraction of sp³-hybridized carbons (Fsp3) is 1.00. The molecule has 0 heterocycles. The van der Waals surface area contributed by atoms with Crippen LogP contribution in [0.5, 0.6) is 0 Å². The molecule has 1 heteroatoms. The SMILES string of the molecule is CC1CC1(N)C1CCC1. The lowest BCUT2D eigenvalue weighted by Crippen LogP contribution is -2.38. The van der Waals surface area contributed by atoms with Gasteiger partial charge in [0, 0.05) is 5.54 Å². The van der Waals surface area contributed by atoms with Gasteiger partial charge in [-0.15, -0.1) is 0 Å². The van der Waals surface area contributed by atoms with Crippen LogP contribution in [0.4, 0.5) is 0 Å². The van der Waals surface area contributed by atoms with Gasteiger partial charge in [0.25, 0.3) is 0 Å². The zero-order valence-electron chi connectivity index (χ0n) is 6.06. The van der Waals surface area contributed by atoms with Gasteiger partial charge in [-0.25, -0.2) is 0 Å². The largest absolute Gasteiger partial charge is 0.325 e. The fourth-order valence-corrected chi connectivity index (χ4v) is 1.99. The molecule has 0 saturated heterocycles. The Hall–Kier alpha value is -0.0400. The zero-order chi connectivity index (χ0) is 6.48. The highest BCUT2D eigenvalue weighted by Crippen LogP contribution is 2.53. The first-order chi connectivity index (χ1) is 4.23. The van der Waals surface area contributed by atoms with E-state index in [-0.39, 0.29) is 0 Å². The van der Waals surface area contributed by atoms with Crippen molar-refractivity contribution in [3.05, 3.63) is 0 Å². The molecule has 0 aromatic carbocycles. The third-order valence-corrected chi connectivity index (χ3v) is 3.28. The average molecular weight is 125 g/mol. The van der Waals surface area contributed by atoms with Gasteiger partial charge in [0.1, 0.15) is 0 Å². The Morgan fingerprint density at radius 1 is 1.44 bits per heavy atom. The van der Waals surface area contributed by atoms with Gasteiger partial charge < -0.3 is 5.73 Å². The van der Waals surface area contributed by atoms with Crippen molar-refractivity contribution in [2.45, 2.75) is 38.1 Å². The maximum Gasteiger partial charge on any atom is 0.0212 e. The van der Waals surface area contributed by atoms with Crippen LogP contribution in [0.15, 0.2) is 0 Å². The van der Waals surface area contributed by atoms with Crippen LogP contribution in [0, 0.1) is 11.8 Å². The molecule has 2 aliphatic carbocycles. The summed E-state index contributed by atoms with van der Waals surface area (Å²) in [4.78, 5) is 0. The van der Waals surface area contributed by atoms with Crippen molar-refractivity contribution < 1.29 is 0 Å². The molecule has 52 valence electrons. The normalized spacial score (nSPS) is 50.7. The van der Waals surface area contributed by atoms with Crippen molar-refractivity contribution in [1.29, 1.82) is 0 Å². The Morgan fingerprint density at radius 3 is 2.11 bits per heavy atom. The molecule has 2 saturated carbocycles. The van der Waals surface area contributed by atoms with Crippen LogP contribution in [0.1, 0.15) is 32.6 Å². The third kappa shape index (κ3) is 0.644. The first-order valence-corrected chi connectivity index (χ1v) is 4.02. The zero-order valence-corrected chi connectivity index (χ0v) is 6.06. The molecule has 2 N–H and O–H groups in total. The van der Waals surface area contributed by atoms with Crippen LogP contribution in [0.3, 0.4) is 0 Å². The van der Waals surface area contributed by atoms with Crippen LogP contribution >= 0.6 is 0 Å². The predicted molar refractivity (Wildman–Crippen MR) is 38.0 cm³/mol. The summed E-state index contributed by atoms with van der Waals surface area (Å²) in [5.74, 6) is 1.72. The Morgan fingerprint density at radius 2 is 2.00 bits per heavy atom. The van der Waals surface area contributed by atoms with E-state index in [0.29, 0.717) is 5.54 Å². The highest BCUT2D eigenvalue weighted by atomic mass is 14.9. The molecule has 0 radical (unpaired) electrons. The molecule has 0 aliphatic heterocycles. The van der Waals surface area contributed by atoms with Gasteiger partial charge in [-0.05, 0) is 31.1 Å². The fourth-order valence-electron chi connectivity index (χ4n) is 1.99. The Bertz CT molecular complexity index is 129. The second-order valence-electron chi connectivity index (χ2n) is 3.85. The van der Waals surface area contributed by atoms with E-state index in [0.717, 1.165) is 11.8 Å². The lowest BCUT2D eigenvalue weighted by Gasteiger charge is -2.32. The van der Waals surface area contributed by atoms with Gasteiger partial charge in [0.15, 0.2) is 0 Å². The monoisotopic (exact) mass is 125 g/mol. The molecule has 0 amide bonds. The molecule has 0 bridgehead atoms. The summed E-state index contributed by atoms with van der Waals surface area (Å²) in [5.41, 5.74) is 6.40. The molecular weight excluding hydrogens is 110 g/mol. The van der Waals surface area contributed by atoms with Gasteiger partial charge in [-0.1, -0.05) is 13.3 Å². The van der Waals surface area contributed by atoms with E-state index in [1.807, 2.05) is 0 Å². The van der Waals surface area contributed by atoms with E-state index in [2.05, 4.69) is 6.92 Å². The first-order valence-electron chi connectivity index (χ1n) is 4.02. The minimum Gasteiger partial charge on any atom is -0.325 e. The highest BCUT2D eigenvalue weighted by Gasteiger charge is 2.54. The minimum atomic E-state index is 0.304. The Kier molecular flexibility index (Phi) is 0.963. The minimum absolute atomic E-state index is 0.304. The van der Waals surface area contributed by atoms with Gasteiger partial charge in [0.2, 0.25) is 0 Å². The van der Waals surface area contributed by atoms with Crippen LogP contribution in [0.2, 0.25) is 0 Å². The van der Waals surface area contributed by atoms with Crippen molar-refractivity contribution >= 4 is 0 Å². The van der Waals surface area contributed by atoms with Crippen molar-refractivity contribution in [1.82, 2.24) is 0 Å². The van der Waals surface area contributed by atoms with Crippen molar-refractivity contribution in [3.63, 3.8) is 0 Å². The number of hydrogen-bond acceptors (Lipinski definition) is 1. The predicted octanol–water partition coefficient (Wildman–Crippen LogP) is 1.52. The van der Waals surface area contributed by atoms with Crippen LogP contribution in [-0.2, 0) is 0 Å². The topological polar surface area (TPSA) is 26.0 Å². The molecule has 2 atom stereocenters.